The Labute approximate surface area is 180 Å². The lowest BCUT2D eigenvalue weighted by atomic mass is 10.1. The van der Waals surface area contributed by atoms with Crippen molar-refractivity contribution < 1.29 is 29.2 Å². The summed E-state index contributed by atoms with van der Waals surface area (Å²) in [6.45, 7) is 1.32. The number of aromatic hydroxyl groups is 1. The van der Waals surface area contributed by atoms with Gasteiger partial charge in [0.05, 0.1) is 16.4 Å². The molecular formula is C20H17N3O7S. The van der Waals surface area contributed by atoms with E-state index in [1.165, 1.54) is 12.1 Å². The summed E-state index contributed by atoms with van der Waals surface area (Å²) in [5, 5.41) is 23.1. The Kier molecular flexibility index (Phi) is 6.55. The zero-order valence-corrected chi connectivity index (χ0v) is 17.0. The van der Waals surface area contributed by atoms with Gasteiger partial charge in [-0.2, -0.15) is 0 Å². The maximum absolute atomic E-state index is 12.6. The summed E-state index contributed by atoms with van der Waals surface area (Å²) in [6.07, 6.45) is 1.27. The van der Waals surface area contributed by atoms with Crippen LogP contribution in [0.5, 0.6) is 11.5 Å². The normalized spacial score (nSPS) is 14.7. The number of ether oxygens (including phenoxy) is 1. The molecule has 0 aliphatic carbocycles. The Balaban J connectivity index is 1.81. The molecule has 3 rings (SSSR count). The van der Waals surface area contributed by atoms with Crippen LogP contribution >= 0.6 is 11.8 Å². The Morgan fingerprint density at radius 1 is 1.29 bits per heavy atom. The van der Waals surface area contributed by atoms with E-state index < -0.39 is 40.0 Å². The number of anilines is 1. The second kappa shape index (κ2) is 9.30. The third kappa shape index (κ3) is 5.01. The zero-order valence-electron chi connectivity index (χ0n) is 16.2. The van der Waals surface area contributed by atoms with Crippen LogP contribution in [0.2, 0.25) is 0 Å². The molecule has 1 aliphatic heterocycles. The molecule has 10 nitrogen and oxygen atoms in total. The number of hydrogen-bond donors (Lipinski definition) is 2. The number of benzene rings is 2. The minimum absolute atomic E-state index is 0.0139. The minimum Gasteiger partial charge on any atom is -0.500 e. The molecule has 1 heterocycles. The first-order chi connectivity index (χ1) is 14.8. The third-order valence-corrected chi connectivity index (χ3v) is 5.01. The van der Waals surface area contributed by atoms with E-state index in [0.29, 0.717) is 17.4 Å². The van der Waals surface area contributed by atoms with Gasteiger partial charge in [0.25, 0.3) is 11.1 Å². The molecule has 2 aromatic rings. The number of hydrogen-bond acceptors (Lipinski definition) is 8. The average molecular weight is 443 g/mol. The molecule has 2 aromatic carbocycles. The summed E-state index contributed by atoms with van der Waals surface area (Å²) in [5.74, 6) is -2.00. The number of thioether (sulfide) groups is 1. The van der Waals surface area contributed by atoms with Crippen molar-refractivity contribution in [3.63, 3.8) is 0 Å². The number of para-hydroxylation sites is 1. The first-order valence-corrected chi connectivity index (χ1v) is 9.86. The fraction of sp³-hybridized carbons (Fsp3) is 0.150. The van der Waals surface area contributed by atoms with Gasteiger partial charge in [-0.05, 0) is 48.5 Å². The molecule has 3 amide bonds. The molecule has 1 aliphatic rings. The van der Waals surface area contributed by atoms with Crippen molar-refractivity contribution in [3.05, 3.63) is 63.0 Å². The minimum atomic E-state index is -0.783. The zero-order chi connectivity index (χ0) is 22.5. The number of amides is 3. The number of nitrogens with zero attached hydrogens (tertiary/aromatic N) is 2. The second-order valence-corrected chi connectivity index (χ2v) is 7.25. The van der Waals surface area contributed by atoms with E-state index in [9.17, 15) is 29.6 Å². The monoisotopic (exact) mass is 443 g/mol. The Morgan fingerprint density at radius 3 is 2.65 bits per heavy atom. The smallest absolute Gasteiger partial charge is 0.315 e. The Hall–Kier alpha value is -3.86. The van der Waals surface area contributed by atoms with Crippen LogP contribution in [0.3, 0.4) is 0 Å². The van der Waals surface area contributed by atoms with Gasteiger partial charge in [0, 0.05) is 11.8 Å². The molecule has 0 spiro atoms. The van der Waals surface area contributed by atoms with Crippen molar-refractivity contribution in [1.82, 2.24) is 4.90 Å². The number of nitro benzene ring substituents is 1. The number of phenolic OH excluding ortho intramolecular Hbond substituents is 1. The predicted octanol–water partition coefficient (Wildman–Crippen LogP) is 3.37. The van der Waals surface area contributed by atoms with Crippen molar-refractivity contribution in [2.45, 2.75) is 6.92 Å². The number of carbonyl (C=O) groups excluding carboxylic acids is 3. The molecule has 11 heteroatoms. The van der Waals surface area contributed by atoms with Crippen molar-refractivity contribution in [3.8, 4) is 11.5 Å². The number of rotatable bonds is 7. The van der Waals surface area contributed by atoms with Crippen molar-refractivity contribution >= 4 is 46.3 Å². The molecule has 31 heavy (non-hydrogen) atoms. The van der Waals surface area contributed by atoms with Crippen LogP contribution in [0.1, 0.15) is 12.5 Å². The van der Waals surface area contributed by atoms with Gasteiger partial charge in [-0.3, -0.25) is 29.4 Å². The van der Waals surface area contributed by atoms with Crippen LogP contribution < -0.4 is 10.1 Å². The Morgan fingerprint density at radius 2 is 2.00 bits per heavy atom. The topological polar surface area (TPSA) is 139 Å². The van der Waals surface area contributed by atoms with Crippen LogP contribution in [0, 0.1) is 10.1 Å². The summed E-state index contributed by atoms with van der Waals surface area (Å²) in [6, 6.07) is 11.0. The lowest BCUT2D eigenvalue weighted by Gasteiger charge is -2.12. The molecule has 0 atom stereocenters. The second-order valence-electron chi connectivity index (χ2n) is 6.26. The first-order valence-electron chi connectivity index (χ1n) is 9.04. The molecule has 2 N–H and O–H groups in total. The lowest BCUT2D eigenvalue weighted by molar-refractivity contribution is -0.386. The van der Waals surface area contributed by atoms with Gasteiger partial charge in [-0.15, -0.1) is 0 Å². The summed E-state index contributed by atoms with van der Waals surface area (Å²) >= 11 is 0.608. The van der Waals surface area contributed by atoms with Gasteiger partial charge < -0.3 is 15.2 Å². The van der Waals surface area contributed by atoms with E-state index in [1.807, 2.05) is 0 Å². The maximum Gasteiger partial charge on any atom is 0.315 e. The van der Waals surface area contributed by atoms with Gasteiger partial charge in [-0.25, -0.2) is 0 Å². The predicted molar refractivity (Wildman–Crippen MR) is 114 cm³/mol. The summed E-state index contributed by atoms with van der Waals surface area (Å²) < 4.78 is 5.21. The van der Waals surface area contributed by atoms with Gasteiger partial charge in [0.15, 0.2) is 5.75 Å². The van der Waals surface area contributed by atoms with Gasteiger partial charge in [0.2, 0.25) is 11.7 Å². The van der Waals surface area contributed by atoms with Gasteiger partial charge >= 0.3 is 5.69 Å². The number of nitrogens with one attached hydrogen (secondary N) is 1. The van der Waals surface area contributed by atoms with Gasteiger partial charge in [-0.1, -0.05) is 18.2 Å². The Bertz CT molecular complexity index is 1090. The van der Waals surface area contributed by atoms with Crippen molar-refractivity contribution in [1.29, 1.82) is 0 Å². The van der Waals surface area contributed by atoms with Crippen LogP contribution in [0.15, 0.2) is 47.4 Å². The first kappa shape index (κ1) is 21.8. The number of imide groups is 1. The molecular weight excluding hydrogens is 426 g/mol. The van der Waals surface area contributed by atoms with E-state index in [4.69, 9.17) is 4.74 Å². The number of phenols is 1. The molecule has 0 unspecified atom stereocenters. The van der Waals surface area contributed by atoms with E-state index in [-0.39, 0.29) is 22.8 Å². The highest BCUT2D eigenvalue weighted by atomic mass is 32.2. The van der Waals surface area contributed by atoms with Crippen molar-refractivity contribution in [2.24, 2.45) is 0 Å². The number of carbonyl (C=O) groups is 3. The van der Waals surface area contributed by atoms with Crippen LogP contribution in [-0.2, 0) is 9.59 Å². The average Bonchev–Trinajstić information content (AvgIpc) is 2.98. The van der Waals surface area contributed by atoms with Crippen LogP contribution in [-0.4, -0.2) is 45.1 Å². The summed E-state index contributed by atoms with van der Waals surface area (Å²) in [4.78, 5) is 48.3. The van der Waals surface area contributed by atoms with Crippen LogP contribution in [0.25, 0.3) is 6.08 Å². The fourth-order valence-corrected chi connectivity index (χ4v) is 3.59. The SMILES string of the molecule is CCOc1cc(/C=C2\SC(=O)N(CC(=O)Nc3ccccc3)C2=O)cc([N+](=O)[O-])c1O. The molecule has 1 saturated heterocycles. The highest BCUT2D eigenvalue weighted by Crippen LogP contribution is 2.39. The quantitative estimate of drug-likeness (QED) is 0.377. The van der Waals surface area contributed by atoms with Gasteiger partial charge in [0.1, 0.15) is 6.54 Å². The largest absolute Gasteiger partial charge is 0.500 e. The molecule has 1 fully saturated rings. The van der Waals surface area contributed by atoms with Crippen LogP contribution in [0.4, 0.5) is 16.2 Å². The maximum atomic E-state index is 12.6. The highest BCUT2D eigenvalue weighted by Gasteiger charge is 2.36. The fourth-order valence-electron chi connectivity index (χ4n) is 2.76. The molecule has 0 aromatic heterocycles. The standard InChI is InChI=1S/C20H17N3O7S/c1-2-30-15-9-12(8-14(18(15)25)23(28)29)10-16-19(26)22(20(27)31-16)11-17(24)21-13-6-4-3-5-7-13/h3-10,25H,2,11H2,1H3,(H,21,24)/b16-10-. The highest BCUT2D eigenvalue weighted by molar-refractivity contribution is 8.18. The molecule has 160 valence electrons. The van der Waals surface area contributed by atoms with E-state index in [2.05, 4.69) is 5.32 Å². The summed E-state index contributed by atoms with van der Waals surface area (Å²) in [5.41, 5.74) is 0.112. The van der Waals surface area contributed by atoms with E-state index in [0.717, 1.165) is 11.0 Å². The lowest BCUT2D eigenvalue weighted by Crippen LogP contribution is -2.36. The van der Waals surface area contributed by atoms with E-state index in [1.54, 1.807) is 37.3 Å². The molecule has 0 radical (unpaired) electrons. The number of nitro groups is 1. The van der Waals surface area contributed by atoms with E-state index >= 15 is 0 Å². The third-order valence-electron chi connectivity index (χ3n) is 4.10. The molecule has 0 saturated carbocycles. The summed E-state index contributed by atoms with van der Waals surface area (Å²) in [7, 11) is 0. The van der Waals surface area contributed by atoms with Crippen molar-refractivity contribution in [2.75, 3.05) is 18.5 Å². The molecule has 0 bridgehead atoms.